The van der Waals surface area contributed by atoms with Crippen LogP contribution in [0.5, 0.6) is 0 Å². The van der Waals surface area contributed by atoms with Crippen LogP contribution < -0.4 is 5.32 Å². The van der Waals surface area contributed by atoms with Crippen molar-refractivity contribution in [3.63, 3.8) is 0 Å². The predicted molar refractivity (Wildman–Crippen MR) is 74.0 cm³/mol. The number of hydrogen-bond acceptors (Lipinski definition) is 3. The first-order chi connectivity index (χ1) is 9.20. The molecule has 1 N–H and O–H groups in total. The van der Waals surface area contributed by atoms with Gasteiger partial charge in [-0.1, -0.05) is 6.92 Å². The van der Waals surface area contributed by atoms with Gasteiger partial charge in [-0.2, -0.15) is 0 Å². The highest BCUT2D eigenvalue weighted by Gasteiger charge is 2.45. The van der Waals surface area contributed by atoms with E-state index in [2.05, 4.69) is 5.32 Å². The molecule has 1 unspecified atom stereocenters. The van der Waals surface area contributed by atoms with E-state index in [0.717, 1.165) is 0 Å². The van der Waals surface area contributed by atoms with Crippen molar-refractivity contribution < 1.29 is 18.3 Å². The zero-order valence-corrected chi connectivity index (χ0v) is 12.8. The number of piperidine rings is 1. The van der Waals surface area contributed by atoms with E-state index < -0.39 is 23.5 Å². The van der Waals surface area contributed by atoms with Crippen LogP contribution in [0.1, 0.15) is 40.5 Å². The van der Waals surface area contributed by atoms with Gasteiger partial charge in [-0.3, -0.25) is 0 Å². The largest absolute Gasteiger partial charge is 0.444 e. The second kappa shape index (κ2) is 6.70. The van der Waals surface area contributed by atoms with Crippen molar-refractivity contribution in [3.05, 3.63) is 0 Å². The lowest BCUT2D eigenvalue weighted by Gasteiger charge is -2.42. The summed E-state index contributed by atoms with van der Waals surface area (Å²) >= 11 is 0. The molecular formula is C14H26F2N2O2. The average molecular weight is 292 g/mol. The monoisotopic (exact) mass is 292 g/mol. The molecule has 0 bridgehead atoms. The van der Waals surface area contributed by atoms with E-state index in [4.69, 9.17) is 4.74 Å². The Bertz CT molecular complexity index is 332. The number of rotatable bonds is 4. The second-order valence-corrected chi connectivity index (χ2v) is 6.45. The third-order valence-electron chi connectivity index (χ3n) is 3.45. The van der Waals surface area contributed by atoms with Gasteiger partial charge in [0.2, 0.25) is 6.43 Å². The van der Waals surface area contributed by atoms with Crippen LogP contribution in [0, 0.1) is 5.41 Å². The summed E-state index contributed by atoms with van der Waals surface area (Å²) in [5, 5.41) is 2.99. The molecule has 6 heteroatoms. The van der Waals surface area contributed by atoms with Crippen molar-refractivity contribution in [3.8, 4) is 0 Å². The maximum absolute atomic E-state index is 13.5. The van der Waals surface area contributed by atoms with E-state index in [1.54, 1.807) is 20.8 Å². The van der Waals surface area contributed by atoms with Crippen molar-refractivity contribution >= 4 is 6.09 Å². The smallest absolute Gasteiger partial charge is 0.410 e. The molecule has 1 atom stereocenters. The van der Waals surface area contributed by atoms with Crippen LogP contribution in [0.4, 0.5) is 13.6 Å². The van der Waals surface area contributed by atoms with E-state index >= 15 is 0 Å². The molecule has 1 aliphatic heterocycles. The summed E-state index contributed by atoms with van der Waals surface area (Å²) in [5.74, 6) is 0. The first kappa shape index (κ1) is 17.1. The fourth-order valence-corrected chi connectivity index (χ4v) is 2.42. The molecule has 0 aromatic rings. The predicted octanol–water partition coefficient (Wildman–Crippen LogP) is 2.88. The summed E-state index contributed by atoms with van der Waals surface area (Å²) in [7, 11) is 0. The highest BCUT2D eigenvalue weighted by atomic mass is 19.3. The Labute approximate surface area is 119 Å². The average Bonchev–Trinajstić information content (AvgIpc) is 2.34. The number of carbonyl (C=O) groups excluding carboxylic acids is 1. The maximum Gasteiger partial charge on any atom is 0.410 e. The van der Waals surface area contributed by atoms with Crippen LogP contribution in [0.3, 0.4) is 0 Å². The van der Waals surface area contributed by atoms with Crippen LogP contribution in [0.2, 0.25) is 0 Å². The highest BCUT2D eigenvalue weighted by Crippen LogP contribution is 2.36. The molecule has 0 aliphatic carbocycles. The third kappa shape index (κ3) is 4.58. The van der Waals surface area contributed by atoms with Gasteiger partial charge in [-0.05, 0) is 40.2 Å². The summed E-state index contributed by atoms with van der Waals surface area (Å²) in [6.07, 6.45) is -1.95. The molecule has 20 heavy (non-hydrogen) atoms. The molecule has 1 rings (SSSR count). The molecule has 1 saturated heterocycles. The van der Waals surface area contributed by atoms with Crippen molar-refractivity contribution in [2.45, 2.75) is 52.6 Å². The van der Waals surface area contributed by atoms with Crippen LogP contribution in [0.25, 0.3) is 0 Å². The number of amides is 1. The molecule has 0 aromatic carbocycles. The number of likely N-dealkylation sites (tertiary alicyclic amines) is 1. The van der Waals surface area contributed by atoms with Crippen molar-refractivity contribution in [1.82, 2.24) is 10.2 Å². The van der Waals surface area contributed by atoms with Gasteiger partial charge in [0.15, 0.2) is 0 Å². The SMILES string of the molecule is CCNCC1(C(F)F)CCCN(C(=O)OC(C)(C)C)C1. The van der Waals surface area contributed by atoms with Crippen molar-refractivity contribution in [2.24, 2.45) is 5.41 Å². The molecule has 4 nitrogen and oxygen atoms in total. The summed E-state index contributed by atoms with van der Waals surface area (Å²) in [5.41, 5.74) is -1.77. The number of hydrogen-bond donors (Lipinski definition) is 1. The summed E-state index contributed by atoms with van der Waals surface area (Å²) in [4.78, 5) is 13.5. The molecule has 118 valence electrons. The standard InChI is InChI=1S/C14H26F2N2O2/c1-5-17-9-14(11(15)16)7-6-8-18(10-14)12(19)20-13(2,3)4/h11,17H,5-10H2,1-4H3. The van der Waals surface area contributed by atoms with E-state index in [1.165, 1.54) is 4.90 Å². The molecule has 1 amide bonds. The van der Waals surface area contributed by atoms with Crippen molar-refractivity contribution in [2.75, 3.05) is 26.2 Å². The minimum Gasteiger partial charge on any atom is -0.444 e. The number of nitrogens with zero attached hydrogens (tertiary/aromatic N) is 1. The minimum atomic E-state index is -2.45. The Kier molecular flexibility index (Phi) is 5.74. The Morgan fingerprint density at radius 3 is 2.60 bits per heavy atom. The lowest BCUT2D eigenvalue weighted by Crippen LogP contribution is -2.54. The highest BCUT2D eigenvalue weighted by molar-refractivity contribution is 5.68. The summed E-state index contributed by atoms with van der Waals surface area (Å²) in [6.45, 7) is 8.59. The minimum absolute atomic E-state index is 0.0482. The fraction of sp³-hybridized carbons (Fsp3) is 0.929. The van der Waals surface area contributed by atoms with Gasteiger partial charge in [0.25, 0.3) is 0 Å². The zero-order chi connectivity index (χ0) is 15.4. The summed E-state index contributed by atoms with van der Waals surface area (Å²) < 4.78 is 32.2. The topological polar surface area (TPSA) is 41.6 Å². The van der Waals surface area contributed by atoms with E-state index in [-0.39, 0.29) is 13.1 Å². The lowest BCUT2D eigenvalue weighted by atomic mass is 9.80. The van der Waals surface area contributed by atoms with Gasteiger partial charge in [0.1, 0.15) is 5.60 Å². The molecule has 0 aromatic heterocycles. The Balaban J connectivity index is 2.74. The molecule has 0 radical (unpaired) electrons. The normalized spacial score (nSPS) is 24.1. The zero-order valence-electron chi connectivity index (χ0n) is 12.8. The number of ether oxygens (including phenoxy) is 1. The van der Waals surface area contributed by atoms with E-state index in [9.17, 15) is 13.6 Å². The Morgan fingerprint density at radius 1 is 1.45 bits per heavy atom. The van der Waals surface area contributed by atoms with Gasteiger partial charge in [0.05, 0.1) is 5.41 Å². The first-order valence-electron chi connectivity index (χ1n) is 7.17. The molecule has 1 aliphatic rings. The number of carbonyl (C=O) groups is 1. The van der Waals surface area contributed by atoms with E-state index in [0.29, 0.717) is 25.9 Å². The fourth-order valence-electron chi connectivity index (χ4n) is 2.42. The first-order valence-corrected chi connectivity index (χ1v) is 7.17. The molecular weight excluding hydrogens is 266 g/mol. The molecule has 0 saturated carbocycles. The van der Waals surface area contributed by atoms with Gasteiger partial charge >= 0.3 is 6.09 Å². The third-order valence-corrected chi connectivity index (χ3v) is 3.45. The van der Waals surface area contributed by atoms with Crippen LogP contribution in [-0.4, -0.2) is 49.2 Å². The maximum atomic E-state index is 13.5. The van der Waals surface area contributed by atoms with Crippen LogP contribution in [-0.2, 0) is 4.74 Å². The molecule has 1 heterocycles. The number of nitrogens with one attached hydrogen (secondary N) is 1. The van der Waals surface area contributed by atoms with Gasteiger partial charge in [0, 0.05) is 19.6 Å². The quantitative estimate of drug-likeness (QED) is 0.866. The number of alkyl halides is 2. The second-order valence-electron chi connectivity index (χ2n) is 6.45. The van der Waals surface area contributed by atoms with Crippen molar-refractivity contribution in [1.29, 1.82) is 0 Å². The van der Waals surface area contributed by atoms with Gasteiger partial charge < -0.3 is 15.0 Å². The van der Waals surface area contributed by atoms with Crippen LogP contribution in [0.15, 0.2) is 0 Å². The number of halogens is 2. The van der Waals surface area contributed by atoms with E-state index in [1.807, 2.05) is 6.92 Å². The van der Waals surface area contributed by atoms with Gasteiger partial charge in [-0.15, -0.1) is 0 Å². The Hall–Kier alpha value is -0.910. The lowest BCUT2D eigenvalue weighted by molar-refractivity contribution is -0.0583. The molecule has 1 fully saturated rings. The Morgan fingerprint density at radius 2 is 2.10 bits per heavy atom. The van der Waals surface area contributed by atoms with Gasteiger partial charge in [-0.25, -0.2) is 13.6 Å². The molecule has 0 spiro atoms. The van der Waals surface area contributed by atoms with Crippen LogP contribution >= 0.6 is 0 Å². The summed E-state index contributed by atoms with van der Waals surface area (Å²) in [6, 6.07) is 0.